The lowest BCUT2D eigenvalue weighted by molar-refractivity contribution is -0.567. The highest BCUT2D eigenvalue weighted by Crippen LogP contribution is 2.29. The van der Waals surface area contributed by atoms with E-state index >= 15 is 0 Å². The average Bonchev–Trinajstić information content (AvgIpc) is 2.62. The van der Waals surface area contributed by atoms with E-state index in [1.165, 1.54) is 22.0 Å². The van der Waals surface area contributed by atoms with Crippen molar-refractivity contribution in [3.05, 3.63) is 94.0 Å². The summed E-state index contributed by atoms with van der Waals surface area (Å²) in [6.07, 6.45) is 2.14. The number of aromatic nitrogens is 1. The van der Waals surface area contributed by atoms with Crippen molar-refractivity contribution in [2.75, 3.05) is 0 Å². The van der Waals surface area contributed by atoms with Crippen LogP contribution in [0.1, 0.15) is 0 Å². The average molecular weight is 440 g/mol. The van der Waals surface area contributed by atoms with Gasteiger partial charge in [0, 0.05) is 38.8 Å². The maximum atomic E-state index is 3.61. The first-order chi connectivity index (χ1) is 11.7. The smallest absolute Gasteiger partial charge is 0.160 e. The summed E-state index contributed by atoms with van der Waals surface area (Å²) in [5, 5.41) is 1.22. The molecule has 0 saturated heterocycles. The molecule has 3 aromatic carbocycles. The van der Waals surface area contributed by atoms with E-state index in [9.17, 15) is 0 Å². The lowest BCUT2D eigenvalue weighted by Crippen LogP contribution is -2.31. The molecular weight excluding hydrogens is 426 g/mol. The summed E-state index contributed by atoms with van der Waals surface area (Å²) in [4.78, 5) is 0. The zero-order valence-corrected chi connectivity index (χ0v) is 16.0. The van der Waals surface area contributed by atoms with Crippen LogP contribution in [0.25, 0.3) is 27.7 Å². The molecule has 0 unspecified atom stereocenters. The van der Waals surface area contributed by atoms with Gasteiger partial charge < -0.3 is 0 Å². The second-order valence-electron chi connectivity index (χ2n) is 5.60. The highest BCUT2D eigenvalue weighted by molar-refractivity contribution is 9.10. The van der Waals surface area contributed by atoms with E-state index in [0.717, 1.165) is 14.6 Å². The molecule has 4 aromatic rings. The molecule has 1 heterocycles. The lowest BCUT2D eigenvalue weighted by atomic mass is 10.0. The molecule has 0 amide bonds. The van der Waals surface area contributed by atoms with Gasteiger partial charge in [-0.3, -0.25) is 0 Å². The van der Waals surface area contributed by atoms with Crippen LogP contribution in [-0.2, 0) is 0 Å². The van der Waals surface area contributed by atoms with Crippen molar-refractivity contribution in [3.63, 3.8) is 0 Å². The monoisotopic (exact) mass is 438 g/mol. The van der Waals surface area contributed by atoms with Crippen molar-refractivity contribution >= 4 is 42.8 Å². The number of rotatable bonds is 2. The van der Waals surface area contributed by atoms with Crippen LogP contribution in [0, 0.1) is 0 Å². The summed E-state index contributed by atoms with van der Waals surface area (Å²) >= 11 is 7.12. The largest absolute Gasteiger partial charge is 0.219 e. The molecule has 0 fully saturated rings. The third kappa shape index (κ3) is 2.90. The number of benzene rings is 3. The molecule has 3 heteroatoms. The summed E-state index contributed by atoms with van der Waals surface area (Å²) < 4.78 is 4.39. The summed E-state index contributed by atoms with van der Waals surface area (Å²) in [7, 11) is 0. The van der Waals surface area contributed by atoms with Crippen molar-refractivity contribution < 1.29 is 4.57 Å². The molecule has 0 aliphatic carbocycles. The molecule has 1 nitrogen and oxygen atoms in total. The molecule has 24 heavy (non-hydrogen) atoms. The van der Waals surface area contributed by atoms with E-state index in [2.05, 4.69) is 115 Å². The predicted octanol–water partition coefficient (Wildman–Crippen LogP) is 6.31. The van der Waals surface area contributed by atoms with Gasteiger partial charge in [0.2, 0.25) is 11.2 Å². The second kappa shape index (κ2) is 6.50. The van der Waals surface area contributed by atoms with Crippen LogP contribution in [0.4, 0.5) is 0 Å². The fraction of sp³-hybridized carbons (Fsp3) is 0. The van der Waals surface area contributed by atoms with Crippen molar-refractivity contribution in [1.82, 2.24) is 0 Å². The van der Waals surface area contributed by atoms with Crippen molar-refractivity contribution in [2.24, 2.45) is 0 Å². The van der Waals surface area contributed by atoms with Crippen LogP contribution in [0.3, 0.4) is 0 Å². The van der Waals surface area contributed by atoms with Gasteiger partial charge in [-0.25, -0.2) is 0 Å². The van der Waals surface area contributed by atoms with E-state index in [4.69, 9.17) is 0 Å². The van der Waals surface area contributed by atoms with Crippen LogP contribution >= 0.6 is 31.9 Å². The SMILES string of the molecule is Brc1ccc(-[n+]2ccc(-c3ccccc3)c3cc(Br)ccc32)cc1. The first-order valence-corrected chi connectivity index (χ1v) is 9.26. The topological polar surface area (TPSA) is 3.88 Å². The third-order valence-electron chi connectivity index (χ3n) is 4.09. The molecule has 0 spiro atoms. The Morgan fingerprint density at radius 3 is 2.12 bits per heavy atom. The maximum absolute atomic E-state index is 3.61. The summed E-state index contributed by atoms with van der Waals surface area (Å²) in [6, 6.07) is 27.5. The summed E-state index contributed by atoms with van der Waals surface area (Å²) in [5.74, 6) is 0. The van der Waals surface area contributed by atoms with Gasteiger partial charge in [-0.15, -0.1) is 0 Å². The molecule has 0 N–H and O–H groups in total. The van der Waals surface area contributed by atoms with Gasteiger partial charge in [0.25, 0.3) is 0 Å². The van der Waals surface area contributed by atoms with Crippen molar-refractivity contribution in [1.29, 1.82) is 0 Å². The maximum Gasteiger partial charge on any atom is 0.219 e. The third-order valence-corrected chi connectivity index (χ3v) is 5.11. The van der Waals surface area contributed by atoms with Gasteiger partial charge in [-0.1, -0.05) is 62.2 Å². The van der Waals surface area contributed by atoms with Gasteiger partial charge >= 0.3 is 0 Å². The number of hydrogen-bond donors (Lipinski definition) is 0. The minimum atomic E-state index is 1.08. The highest BCUT2D eigenvalue weighted by atomic mass is 79.9. The Morgan fingerprint density at radius 2 is 1.38 bits per heavy atom. The molecular formula is C21H14Br2N+. The molecule has 0 radical (unpaired) electrons. The van der Waals surface area contributed by atoms with Gasteiger partial charge in [-0.05, 0) is 29.8 Å². The Hall–Kier alpha value is -1.97. The molecule has 4 rings (SSSR count). The first-order valence-electron chi connectivity index (χ1n) is 7.68. The predicted molar refractivity (Wildman–Crippen MR) is 106 cm³/mol. The molecule has 0 bridgehead atoms. The van der Waals surface area contributed by atoms with Crippen LogP contribution in [0.2, 0.25) is 0 Å². The Morgan fingerprint density at radius 1 is 0.667 bits per heavy atom. The highest BCUT2D eigenvalue weighted by Gasteiger charge is 2.16. The van der Waals surface area contributed by atoms with Crippen LogP contribution in [-0.4, -0.2) is 0 Å². The van der Waals surface area contributed by atoms with Gasteiger partial charge in [0.05, 0.1) is 5.39 Å². The molecule has 116 valence electrons. The van der Waals surface area contributed by atoms with E-state index in [1.54, 1.807) is 0 Å². The number of halogens is 2. The normalized spacial score (nSPS) is 10.9. The fourth-order valence-electron chi connectivity index (χ4n) is 2.95. The van der Waals surface area contributed by atoms with Gasteiger partial charge in [0.15, 0.2) is 6.20 Å². The number of fused-ring (bicyclic) bond motifs is 1. The minimum Gasteiger partial charge on any atom is -0.160 e. The summed E-state index contributed by atoms with van der Waals surface area (Å²) in [5.41, 5.74) is 4.79. The van der Waals surface area contributed by atoms with Crippen LogP contribution < -0.4 is 4.57 Å². The molecule has 0 aliphatic heterocycles. The van der Waals surface area contributed by atoms with Crippen LogP contribution in [0.15, 0.2) is 94.0 Å². The van der Waals surface area contributed by atoms with Gasteiger partial charge in [-0.2, -0.15) is 4.57 Å². The first kappa shape index (κ1) is 15.6. The Balaban J connectivity index is 2.00. The van der Waals surface area contributed by atoms with Gasteiger partial charge in [0.1, 0.15) is 0 Å². The molecule has 0 saturated carbocycles. The lowest BCUT2D eigenvalue weighted by Gasteiger charge is -2.08. The molecule has 0 aliphatic rings. The number of pyridine rings is 1. The van der Waals surface area contributed by atoms with Crippen LogP contribution in [0.5, 0.6) is 0 Å². The number of hydrogen-bond acceptors (Lipinski definition) is 0. The fourth-order valence-corrected chi connectivity index (χ4v) is 3.57. The Kier molecular flexibility index (Phi) is 4.21. The number of nitrogens with zero attached hydrogens (tertiary/aromatic N) is 1. The Bertz CT molecular complexity index is 1010. The van der Waals surface area contributed by atoms with Crippen molar-refractivity contribution in [3.8, 4) is 16.8 Å². The molecule has 1 aromatic heterocycles. The minimum absolute atomic E-state index is 1.08. The zero-order valence-electron chi connectivity index (χ0n) is 12.8. The van der Waals surface area contributed by atoms with E-state index in [0.29, 0.717) is 0 Å². The second-order valence-corrected chi connectivity index (χ2v) is 7.43. The Labute approximate surface area is 157 Å². The van der Waals surface area contributed by atoms with E-state index in [-0.39, 0.29) is 0 Å². The standard InChI is InChI=1S/C21H14Br2N/c22-16-6-9-18(10-7-16)24-13-12-19(15-4-2-1-3-5-15)20-14-17(23)8-11-21(20)24/h1-14H/q+1. The summed E-state index contributed by atoms with van der Waals surface area (Å²) in [6.45, 7) is 0. The molecule has 0 atom stereocenters. The quantitative estimate of drug-likeness (QED) is 0.322. The van der Waals surface area contributed by atoms with E-state index < -0.39 is 0 Å². The zero-order chi connectivity index (χ0) is 16.5. The van der Waals surface area contributed by atoms with E-state index in [1.807, 2.05) is 6.07 Å². The van der Waals surface area contributed by atoms with Crippen molar-refractivity contribution in [2.45, 2.75) is 0 Å².